The van der Waals surface area contributed by atoms with Crippen LogP contribution in [0.5, 0.6) is 5.75 Å². The maximum Gasteiger partial charge on any atom is 0.254 e. The first kappa shape index (κ1) is 17.0. The molecule has 23 heavy (non-hydrogen) atoms. The van der Waals surface area contributed by atoms with E-state index in [0.29, 0.717) is 41.0 Å². The van der Waals surface area contributed by atoms with Crippen molar-refractivity contribution in [2.75, 3.05) is 13.2 Å². The number of amides is 1. The minimum absolute atomic E-state index is 0.00832. The number of carbonyl (C=O) groups excluding carboxylic acids is 1. The third kappa shape index (κ3) is 5.10. The number of rotatable bonds is 6. The van der Waals surface area contributed by atoms with Gasteiger partial charge in [-0.3, -0.25) is 9.59 Å². The third-order valence-corrected chi connectivity index (χ3v) is 3.40. The van der Waals surface area contributed by atoms with Crippen molar-refractivity contribution < 1.29 is 9.53 Å². The highest BCUT2D eigenvalue weighted by Gasteiger charge is 2.11. The number of aromatic amines is 1. The van der Waals surface area contributed by atoms with E-state index in [0.717, 1.165) is 0 Å². The van der Waals surface area contributed by atoms with Crippen LogP contribution in [-0.4, -0.2) is 29.0 Å². The number of benzene rings is 1. The van der Waals surface area contributed by atoms with Crippen LogP contribution in [0.25, 0.3) is 0 Å². The number of aromatic nitrogens is 2. The van der Waals surface area contributed by atoms with Crippen molar-refractivity contribution >= 4 is 17.5 Å². The molecule has 0 atom stereocenters. The van der Waals surface area contributed by atoms with E-state index in [2.05, 4.69) is 15.3 Å². The largest absolute Gasteiger partial charge is 0.492 e. The summed E-state index contributed by atoms with van der Waals surface area (Å²) in [6.45, 7) is 4.06. The first-order valence-electron chi connectivity index (χ1n) is 7.17. The summed E-state index contributed by atoms with van der Waals surface area (Å²) in [4.78, 5) is 30.5. The molecule has 0 aliphatic rings. The molecule has 0 bridgehead atoms. The molecule has 0 saturated heterocycles. The number of nitrogens with zero attached hydrogens (tertiary/aromatic N) is 1. The van der Waals surface area contributed by atoms with Gasteiger partial charge in [0.25, 0.3) is 5.56 Å². The molecule has 0 unspecified atom stereocenters. The van der Waals surface area contributed by atoms with Gasteiger partial charge >= 0.3 is 0 Å². The summed E-state index contributed by atoms with van der Waals surface area (Å²) in [6, 6.07) is 7.03. The van der Waals surface area contributed by atoms with Crippen LogP contribution in [0.4, 0.5) is 0 Å². The lowest BCUT2D eigenvalue weighted by atomic mass is 10.1. The van der Waals surface area contributed by atoms with E-state index < -0.39 is 0 Å². The summed E-state index contributed by atoms with van der Waals surface area (Å²) in [5.74, 6) is 0.923. The molecule has 2 N–H and O–H groups in total. The second-order valence-corrected chi connectivity index (χ2v) is 5.48. The zero-order valence-corrected chi connectivity index (χ0v) is 13.7. The number of ether oxygens (including phenoxy) is 1. The summed E-state index contributed by atoms with van der Waals surface area (Å²) < 4.78 is 5.47. The van der Waals surface area contributed by atoms with E-state index in [1.54, 1.807) is 38.1 Å². The predicted molar refractivity (Wildman–Crippen MR) is 88.0 cm³/mol. The molecular weight excluding hydrogens is 318 g/mol. The maximum absolute atomic E-state index is 11.9. The van der Waals surface area contributed by atoms with Gasteiger partial charge in [0.15, 0.2) is 0 Å². The van der Waals surface area contributed by atoms with E-state index >= 15 is 0 Å². The lowest BCUT2D eigenvalue weighted by Gasteiger charge is -2.09. The molecule has 0 spiro atoms. The van der Waals surface area contributed by atoms with Crippen LogP contribution in [0.15, 0.2) is 29.1 Å². The minimum Gasteiger partial charge on any atom is -0.492 e. The Morgan fingerprint density at radius 1 is 1.39 bits per heavy atom. The van der Waals surface area contributed by atoms with Gasteiger partial charge in [-0.25, -0.2) is 4.98 Å². The molecular formula is C16H18ClN3O3. The quantitative estimate of drug-likeness (QED) is 0.788. The van der Waals surface area contributed by atoms with Gasteiger partial charge in [0.1, 0.15) is 18.2 Å². The number of aryl methyl sites for hydroxylation is 2. The van der Waals surface area contributed by atoms with Crippen LogP contribution < -0.4 is 15.6 Å². The number of carbonyl (C=O) groups is 1. The molecule has 1 aromatic carbocycles. The lowest BCUT2D eigenvalue weighted by Crippen LogP contribution is -2.32. The second kappa shape index (κ2) is 7.78. The van der Waals surface area contributed by atoms with Crippen LogP contribution in [0.2, 0.25) is 5.02 Å². The highest BCUT2D eigenvalue weighted by atomic mass is 35.5. The van der Waals surface area contributed by atoms with Gasteiger partial charge in [-0.2, -0.15) is 0 Å². The normalized spacial score (nSPS) is 10.4. The van der Waals surface area contributed by atoms with E-state index in [-0.39, 0.29) is 17.9 Å². The van der Waals surface area contributed by atoms with Crippen molar-refractivity contribution in [2.24, 2.45) is 0 Å². The Kier molecular flexibility index (Phi) is 5.76. The molecule has 1 heterocycles. The van der Waals surface area contributed by atoms with Crippen LogP contribution in [0.3, 0.4) is 0 Å². The number of hydrogen-bond donors (Lipinski definition) is 2. The summed E-state index contributed by atoms with van der Waals surface area (Å²) in [5.41, 5.74) is 0.667. The van der Waals surface area contributed by atoms with Crippen LogP contribution in [0.1, 0.15) is 17.1 Å². The van der Waals surface area contributed by atoms with Crippen molar-refractivity contribution in [2.45, 2.75) is 20.3 Å². The van der Waals surface area contributed by atoms with Crippen molar-refractivity contribution in [3.63, 3.8) is 0 Å². The van der Waals surface area contributed by atoms with Crippen LogP contribution >= 0.6 is 11.6 Å². The molecule has 1 aromatic heterocycles. The van der Waals surface area contributed by atoms with E-state index in [9.17, 15) is 9.59 Å². The van der Waals surface area contributed by atoms with Crippen molar-refractivity contribution in [3.05, 3.63) is 56.7 Å². The van der Waals surface area contributed by atoms with Crippen LogP contribution in [0, 0.1) is 13.8 Å². The Morgan fingerprint density at radius 3 is 2.87 bits per heavy atom. The van der Waals surface area contributed by atoms with Gasteiger partial charge in [-0.1, -0.05) is 17.7 Å². The Morgan fingerprint density at radius 2 is 2.17 bits per heavy atom. The molecule has 1 amide bonds. The fourth-order valence-corrected chi connectivity index (χ4v) is 2.28. The molecule has 6 nitrogen and oxygen atoms in total. The highest BCUT2D eigenvalue weighted by Crippen LogP contribution is 2.16. The molecule has 0 fully saturated rings. The summed E-state index contributed by atoms with van der Waals surface area (Å²) >= 11 is 5.85. The smallest absolute Gasteiger partial charge is 0.254 e. The van der Waals surface area contributed by atoms with Crippen LogP contribution in [-0.2, 0) is 11.2 Å². The summed E-state index contributed by atoms with van der Waals surface area (Å²) in [6.07, 6.45) is -0.00832. The minimum atomic E-state index is -0.277. The zero-order chi connectivity index (χ0) is 16.8. The van der Waals surface area contributed by atoms with Crippen molar-refractivity contribution in [1.82, 2.24) is 15.3 Å². The number of halogens is 1. The molecule has 2 aromatic rings. The Hall–Kier alpha value is -2.34. The topological polar surface area (TPSA) is 84.1 Å². The van der Waals surface area contributed by atoms with Gasteiger partial charge in [0.05, 0.1) is 13.0 Å². The van der Waals surface area contributed by atoms with Gasteiger partial charge in [0.2, 0.25) is 5.91 Å². The first-order valence-corrected chi connectivity index (χ1v) is 7.55. The molecule has 0 aliphatic heterocycles. The SMILES string of the molecule is Cc1nc(C)c(CC(=O)NCCOc2cccc(Cl)c2)c(=O)[nH]1. The van der Waals surface area contributed by atoms with Gasteiger partial charge < -0.3 is 15.0 Å². The fourth-order valence-electron chi connectivity index (χ4n) is 2.10. The number of hydrogen-bond acceptors (Lipinski definition) is 4. The third-order valence-electron chi connectivity index (χ3n) is 3.17. The van der Waals surface area contributed by atoms with Gasteiger partial charge in [-0.15, -0.1) is 0 Å². The summed E-state index contributed by atoms with van der Waals surface area (Å²) in [7, 11) is 0. The standard InChI is InChI=1S/C16H18ClN3O3/c1-10-14(16(22)20-11(2)19-10)9-15(21)18-6-7-23-13-5-3-4-12(17)8-13/h3-5,8H,6-7,9H2,1-2H3,(H,18,21)(H,19,20,22). The maximum atomic E-state index is 11.9. The fraction of sp³-hybridized carbons (Fsp3) is 0.312. The molecule has 7 heteroatoms. The summed E-state index contributed by atoms with van der Waals surface area (Å²) in [5, 5.41) is 3.30. The first-order chi connectivity index (χ1) is 11.0. The number of H-pyrrole nitrogens is 1. The van der Waals surface area contributed by atoms with Crippen molar-refractivity contribution in [3.8, 4) is 5.75 Å². The molecule has 0 saturated carbocycles. The number of nitrogens with one attached hydrogen (secondary N) is 2. The van der Waals surface area contributed by atoms with Gasteiger partial charge in [-0.05, 0) is 32.0 Å². The highest BCUT2D eigenvalue weighted by molar-refractivity contribution is 6.30. The average Bonchev–Trinajstić information content (AvgIpc) is 2.47. The molecule has 0 aliphatic carbocycles. The van der Waals surface area contributed by atoms with E-state index in [4.69, 9.17) is 16.3 Å². The second-order valence-electron chi connectivity index (χ2n) is 5.05. The zero-order valence-electron chi connectivity index (χ0n) is 13.0. The Bertz CT molecular complexity index is 758. The van der Waals surface area contributed by atoms with Gasteiger partial charge in [0, 0.05) is 16.3 Å². The van der Waals surface area contributed by atoms with E-state index in [1.807, 2.05) is 0 Å². The molecule has 122 valence electrons. The lowest BCUT2D eigenvalue weighted by molar-refractivity contribution is -0.120. The van der Waals surface area contributed by atoms with E-state index in [1.165, 1.54) is 0 Å². The average molecular weight is 336 g/mol. The molecule has 0 radical (unpaired) electrons. The predicted octanol–water partition coefficient (Wildman–Crippen LogP) is 1.78. The molecule has 2 rings (SSSR count). The Labute approximate surface area is 138 Å². The monoisotopic (exact) mass is 335 g/mol. The van der Waals surface area contributed by atoms with Crippen molar-refractivity contribution in [1.29, 1.82) is 0 Å². The Balaban J connectivity index is 1.81.